The van der Waals surface area contributed by atoms with Gasteiger partial charge in [-0.2, -0.15) is 0 Å². The summed E-state index contributed by atoms with van der Waals surface area (Å²) < 4.78 is 1.89. The molecule has 8 heteroatoms. The van der Waals surface area contributed by atoms with E-state index in [9.17, 15) is 9.59 Å². The van der Waals surface area contributed by atoms with E-state index in [0.717, 1.165) is 15.5 Å². The van der Waals surface area contributed by atoms with Crippen LogP contribution >= 0.6 is 23.1 Å². The standard InChI is InChI=1S/C17H18N4O2S2/c1-20(11-15(22)19-13-5-3-4-6-14(13)24-2)16(23)9-12-10-21-7-8-25-17(21)18-12/h3-8,10H,9,11H2,1-2H3,(H,19,22). The number of benzene rings is 1. The van der Waals surface area contributed by atoms with E-state index in [-0.39, 0.29) is 24.8 Å². The summed E-state index contributed by atoms with van der Waals surface area (Å²) in [5.41, 5.74) is 1.46. The maximum atomic E-state index is 12.3. The fourth-order valence-electron chi connectivity index (χ4n) is 2.39. The summed E-state index contributed by atoms with van der Waals surface area (Å²) in [6.07, 6.45) is 5.88. The van der Waals surface area contributed by atoms with Crippen molar-refractivity contribution < 1.29 is 9.59 Å². The van der Waals surface area contributed by atoms with Crippen LogP contribution in [0.4, 0.5) is 5.69 Å². The first kappa shape index (κ1) is 17.5. The fraction of sp³-hybridized carbons (Fsp3) is 0.235. The lowest BCUT2D eigenvalue weighted by Gasteiger charge is -2.17. The number of nitrogens with one attached hydrogen (secondary N) is 1. The lowest BCUT2D eigenvalue weighted by atomic mass is 10.3. The third-order valence-electron chi connectivity index (χ3n) is 3.66. The van der Waals surface area contributed by atoms with Crippen molar-refractivity contribution >= 4 is 45.6 Å². The minimum absolute atomic E-state index is 0.00374. The van der Waals surface area contributed by atoms with Crippen molar-refractivity contribution in [3.05, 3.63) is 47.7 Å². The van der Waals surface area contributed by atoms with Gasteiger partial charge in [0.1, 0.15) is 0 Å². The molecule has 3 aromatic rings. The van der Waals surface area contributed by atoms with E-state index in [1.165, 1.54) is 16.2 Å². The molecule has 0 aliphatic heterocycles. The number of carbonyl (C=O) groups is 2. The van der Waals surface area contributed by atoms with Gasteiger partial charge in [-0.1, -0.05) is 12.1 Å². The Morgan fingerprint density at radius 3 is 2.92 bits per heavy atom. The van der Waals surface area contributed by atoms with Crippen molar-refractivity contribution in [1.29, 1.82) is 0 Å². The molecule has 0 bridgehead atoms. The van der Waals surface area contributed by atoms with Gasteiger partial charge >= 0.3 is 0 Å². The Labute approximate surface area is 153 Å². The number of imidazole rings is 1. The summed E-state index contributed by atoms with van der Waals surface area (Å²) in [4.78, 5) is 32.2. The average molecular weight is 374 g/mol. The first-order valence-electron chi connectivity index (χ1n) is 7.64. The number of aromatic nitrogens is 2. The quantitative estimate of drug-likeness (QED) is 0.674. The molecule has 0 radical (unpaired) electrons. The van der Waals surface area contributed by atoms with Gasteiger partial charge in [-0.25, -0.2) is 4.98 Å². The Morgan fingerprint density at radius 2 is 2.16 bits per heavy atom. The summed E-state index contributed by atoms with van der Waals surface area (Å²) in [5.74, 6) is -0.359. The Bertz CT molecular complexity index is 874. The van der Waals surface area contributed by atoms with Crippen molar-refractivity contribution in [3.8, 4) is 0 Å². The number of thiazole rings is 1. The number of amides is 2. The summed E-state index contributed by atoms with van der Waals surface area (Å²) in [5, 5.41) is 4.80. The van der Waals surface area contributed by atoms with Gasteiger partial charge < -0.3 is 10.2 Å². The minimum atomic E-state index is -0.219. The first-order valence-corrected chi connectivity index (χ1v) is 9.75. The van der Waals surface area contributed by atoms with E-state index in [2.05, 4.69) is 10.3 Å². The SMILES string of the molecule is CSc1ccccc1NC(=O)CN(C)C(=O)Cc1cn2ccsc2n1. The normalized spacial score (nSPS) is 10.8. The molecule has 0 unspecified atom stereocenters. The molecule has 0 aliphatic carbocycles. The smallest absolute Gasteiger partial charge is 0.244 e. The largest absolute Gasteiger partial charge is 0.336 e. The number of likely N-dealkylation sites (N-methyl/N-ethyl adjacent to an activating group) is 1. The number of rotatable bonds is 6. The van der Waals surface area contributed by atoms with Crippen LogP contribution in [0.25, 0.3) is 4.96 Å². The van der Waals surface area contributed by atoms with E-state index in [1.807, 2.05) is 52.7 Å². The zero-order valence-corrected chi connectivity index (χ0v) is 15.6. The van der Waals surface area contributed by atoms with E-state index in [1.54, 1.807) is 18.8 Å². The molecule has 0 atom stereocenters. The number of nitrogens with zero attached hydrogens (tertiary/aromatic N) is 3. The molecular formula is C17H18N4O2S2. The van der Waals surface area contributed by atoms with Crippen LogP contribution in [0.3, 0.4) is 0 Å². The number of carbonyl (C=O) groups excluding carboxylic acids is 2. The van der Waals surface area contributed by atoms with Gasteiger partial charge in [-0.3, -0.25) is 14.0 Å². The van der Waals surface area contributed by atoms with Gasteiger partial charge in [-0.05, 0) is 18.4 Å². The third-order valence-corrected chi connectivity index (χ3v) is 5.23. The van der Waals surface area contributed by atoms with Gasteiger partial charge in [0, 0.05) is 29.7 Å². The molecule has 0 spiro atoms. The van der Waals surface area contributed by atoms with Crippen LogP contribution in [0.5, 0.6) is 0 Å². The molecule has 0 aliphatic rings. The minimum Gasteiger partial charge on any atom is -0.336 e. The molecule has 2 aromatic heterocycles. The number of para-hydroxylation sites is 1. The van der Waals surface area contributed by atoms with E-state index in [0.29, 0.717) is 5.69 Å². The molecule has 0 saturated carbocycles. The van der Waals surface area contributed by atoms with E-state index in [4.69, 9.17) is 0 Å². The topological polar surface area (TPSA) is 66.7 Å². The molecular weight excluding hydrogens is 356 g/mol. The molecule has 1 aromatic carbocycles. The predicted octanol–water partition coefficient (Wildman–Crippen LogP) is 2.76. The second-order valence-electron chi connectivity index (χ2n) is 5.50. The van der Waals surface area contributed by atoms with Crippen LogP contribution in [-0.4, -0.2) is 45.9 Å². The summed E-state index contributed by atoms with van der Waals surface area (Å²) in [6, 6.07) is 7.59. The van der Waals surface area contributed by atoms with Gasteiger partial charge in [0.25, 0.3) is 0 Å². The predicted molar refractivity (Wildman–Crippen MR) is 101 cm³/mol. The van der Waals surface area contributed by atoms with Gasteiger partial charge in [0.2, 0.25) is 11.8 Å². The van der Waals surface area contributed by atoms with Gasteiger partial charge in [0.05, 0.1) is 24.3 Å². The summed E-state index contributed by atoms with van der Waals surface area (Å²) >= 11 is 3.08. The third kappa shape index (κ3) is 4.21. The van der Waals surface area contributed by atoms with Crippen LogP contribution < -0.4 is 5.32 Å². The molecule has 3 rings (SSSR count). The van der Waals surface area contributed by atoms with Crippen LogP contribution in [0.2, 0.25) is 0 Å². The molecule has 0 saturated heterocycles. The molecule has 2 heterocycles. The lowest BCUT2D eigenvalue weighted by Crippen LogP contribution is -2.35. The average Bonchev–Trinajstić information content (AvgIpc) is 3.16. The molecule has 2 amide bonds. The molecule has 0 fully saturated rings. The van der Waals surface area contributed by atoms with Crippen LogP contribution in [0, 0.1) is 0 Å². The number of hydrogen-bond acceptors (Lipinski definition) is 5. The molecule has 130 valence electrons. The Morgan fingerprint density at radius 1 is 1.36 bits per heavy atom. The maximum absolute atomic E-state index is 12.3. The van der Waals surface area contributed by atoms with Gasteiger partial charge in [0.15, 0.2) is 4.96 Å². The number of fused-ring (bicyclic) bond motifs is 1. The fourth-order valence-corrected chi connectivity index (χ4v) is 3.66. The van der Waals surface area contributed by atoms with Gasteiger partial charge in [-0.15, -0.1) is 23.1 Å². The monoisotopic (exact) mass is 374 g/mol. The van der Waals surface area contributed by atoms with Crippen molar-refractivity contribution in [2.75, 3.05) is 25.2 Å². The zero-order valence-electron chi connectivity index (χ0n) is 13.9. The second kappa shape index (κ2) is 7.71. The lowest BCUT2D eigenvalue weighted by molar-refractivity contribution is -0.132. The highest BCUT2D eigenvalue weighted by Crippen LogP contribution is 2.24. The highest BCUT2D eigenvalue weighted by atomic mass is 32.2. The number of hydrogen-bond donors (Lipinski definition) is 1. The second-order valence-corrected chi connectivity index (χ2v) is 7.22. The Kier molecular flexibility index (Phi) is 5.40. The maximum Gasteiger partial charge on any atom is 0.244 e. The van der Waals surface area contributed by atoms with Crippen LogP contribution in [-0.2, 0) is 16.0 Å². The van der Waals surface area contributed by atoms with Crippen molar-refractivity contribution in [1.82, 2.24) is 14.3 Å². The molecule has 1 N–H and O–H groups in total. The highest BCUT2D eigenvalue weighted by molar-refractivity contribution is 7.98. The van der Waals surface area contributed by atoms with E-state index < -0.39 is 0 Å². The summed E-state index contributed by atoms with van der Waals surface area (Å²) in [6.45, 7) is 0.00374. The zero-order chi connectivity index (χ0) is 17.8. The Balaban J connectivity index is 1.57. The number of thioether (sulfide) groups is 1. The van der Waals surface area contributed by atoms with Crippen molar-refractivity contribution in [2.45, 2.75) is 11.3 Å². The summed E-state index contributed by atoms with van der Waals surface area (Å²) in [7, 11) is 1.63. The first-order chi connectivity index (χ1) is 12.1. The number of anilines is 1. The highest BCUT2D eigenvalue weighted by Gasteiger charge is 2.16. The van der Waals surface area contributed by atoms with E-state index >= 15 is 0 Å². The molecule has 6 nitrogen and oxygen atoms in total. The van der Waals surface area contributed by atoms with Crippen molar-refractivity contribution in [3.63, 3.8) is 0 Å². The van der Waals surface area contributed by atoms with Crippen LogP contribution in [0.1, 0.15) is 5.69 Å². The van der Waals surface area contributed by atoms with Crippen molar-refractivity contribution in [2.24, 2.45) is 0 Å². The molecule has 25 heavy (non-hydrogen) atoms. The Hall–Kier alpha value is -2.32. The van der Waals surface area contributed by atoms with Crippen LogP contribution in [0.15, 0.2) is 46.9 Å².